The van der Waals surface area contributed by atoms with E-state index < -0.39 is 5.60 Å². The Labute approximate surface area is 101 Å². The normalized spacial score (nSPS) is 23.8. The highest BCUT2D eigenvalue weighted by Crippen LogP contribution is 2.24. The molecule has 1 aromatic heterocycles. The summed E-state index contributed by atoms with van der Waals surface area (Å²) in [7, 11) is 0. The monoisotopic (exact) mass is 237 g/mol. The molecular formula is C12H19N3O2. The van der Waals surface area contributed by atoms with E-state index in [4.69, 9.17) is 4.74 Å². The maximum Gasteiger partial charge on any atom is 0.251 e. The molecule has 17 heavy (non-hydrogen) atoms. The van der Waals surface area contributed by atoms with Crippen LogP contribution in [0.2, 0.25) is 0 Å². The molecule has 1 N–H and O–H groups in total. The quantitative estimate of drug-likeness (QED) is 0.776. The minimum absolute atomic E-state index is 0.00969. The van der Waals surface area contributed by atoms with Crippen molar-refractivity contribution in [2.24, 2.45) is 0 Å². The molecule has 0 bridgehead atoms. The van der Waals surface area contributed by atoms with Crippen molar-refractivity contribution in [2.75, 3.05) is 13.2 Å². The van der Waals surface area contributed by atoms with Crippen molar-refractivity contribution < 1.29 is 9.53 Å². The molecule has 0 radical (unpaired) electrons. The fourth-order valence-corrected chi connectivity index (χ4v) is 2.02. The molecule has 2 rings (SSSR count). The molecule has 1 saturated heterocycles. The fraction of sp³-hybridized carbons (Fsp3) is 0.667. The van der Waals surface area contributed by atoms with Gasteiger partial charge in [0.2, 0.25) is 0 Å². The average molecular weight is 237 g/mol. The van der Waals surface area contributed by atoms with Crippen LogP contribution in [0.3, 0.4) is 0 Å². The number of rotatable bonds is 5. The van der Waals surface area contributed by atoms with Gasteiger partial charge in [-0.05, 0) is 32.3 Å². The third-order valence-corrected chi connectivity index (χ3v) is 3.11. The lowest BCUT2D eigenvalue weighted by Crippen LogP contribution is -2.44. The zero-order valence-electron chi connectivity index (χ0n) is 10.2. The predicted octanol–water partition coefficient (Wildman–Crippen LogP) is 0.958. The summed E-state index contributed by atoms with van der Waals surface area (Å²) in [5.74, 6) is 0.00969. The van der Waals surface area contributed by atoms with Gasteiger partial charge < -0.3 is 10.1 Å². The van der Waals surface area contributed by atoms with Gasteiger partial charge in [0.05, 0.1) is 0 Å². The number of aryl methyl sites for hydroxylation is 1. The Morgan fingerprint density at radius 2 is 2.53 bits per heavy atom. The van der Waals surface area contributed by atoms with Gasteiger partial charge in [0, 0.05) is 32.1 Å². The molecule has 94 valence electrons. The largest absolute Gasteiger partial charge is 0.365 e. The van der Waals surface area contributed by atoms with Crippen LogP contribution in [-0.4, -0.2) is 34.4 Å². The molecule has 1 aliphatic rings. The lowest BCUT2D eigenvalue weighted by Gasteiger charge is -2.21. The first-order valence-corrected chi connectivity index (χ1v) is 6.10. The third kappa shape index (κ3) is 3.06. The summed E-state index contributed by atoms with van der Waals surface area (Å²) in [6.07, 6.45) is 6.34. The molecule has 1 amide bonds. The lowest BCUT2D eigenvalue weighted by molar-refractivity contribution is -0.139. The van der Waals surface area contributed by atoms with E-state index in [9.17, 15) is 4.79 Å². The van der Waals surface area contributed by atoms with Gasteiger partial charge in [-0.2, -0.15) is 5.10 Å². The number of aromatic nitrogens is 2. The first-order chi connectivity index (χ1) is 8.21. The molecule has 0 saturated carbocycles. The third-order valence-electron chi connectivity index (χ3n) is 3.11. The molecule has 0 aromatic carbocycles. The second-order valence-corrected chi connectivity index (χ2v) is 4.56. The smallest absolute Gasteiger partial charge is 0.251 e. The minimum Gasteiger partial charge on any atom is -0.365 e. The van der Waals surface area contributed by atoms with Crippen molar-refractivity contribution in [3.8, 4) is 0 Å². The Morgan fingerprint density at radius 3 is 3.18 bits per heavy atom. The van der Waals surface area contributed by atoms with Crippen molar-refractivity contribution in [1.82, 2.24) is 15.1 Å². The number of carbonyl (C=O) groups excluding carboxylic acids is 1. The van der Waals surface area contributed by atoms with E-state index in [1.807, 2.05) is 23.9 Å². The first kappa shape index (κ1) is 12.1. The number of nitrogens with one attached hydrogen (secondary N) is 1. The molecule has 1 aliphatic heterocycles. The summed E-state index contributed by atoms with van der Waals surface area (Å²) >= 11 is 0. The highest BCUT2D eigenvalue weighted by Gasteiger charge is 2.37. The van der Waals surface area contributed by atoms with Gasteiger partial charge in [0.25, 0.3) is 5.91 Å². The van der Waals surface area contributed by atoms with Gasteiger partial charge in [0.15, 0.2) is 0 Å². The van der Waals surface area contributed by atoms with E-state index in [1.54, 1.807) is 6.20 Å². The highest BCUT2D eigenvalue weighted by molar-refractivity contribution is 5.84. The van der Waals surface area contributed by atoms with Crippen LogP contribution in [0.15, 0.2) is 18.5 Å². The summed E-state index contributed by atoms with van der Waals surface area (Å²) in [4.78, 5) is 11.9. The summed E-state index contributed by atoms with van der Waals surface area (Å²) in [6.45, 7) is 4.04. The topological polar surface area (TPSA) is 56.2 Å². The molecule has 0 aliphatic carbocycles. The van der Waals surface area contributed by atoms with Gasteiger partial charge in [-0.25, -0.2) is 0 Å². The van der Waals surface area contributed by atoms with E-state index in [0.717, 1.165) is 25.8 Å². The Bertz CT molecular complexity index is 356. The maximum absolute atomic E-state index is 11.9. The molecule has 1 unspecified atom stereocenters. The van der Waals surface area contributed by atoms with Crippen molar-refractivity contribution in [3.05, 3.63) is 18.5 Å². The number of ether oxygens (including phenoxy) is 1. The number of hydrogen-bond donors (Lipinski definition) is 1. The number of amides is 1. The average Bonchev–Trinajstić information content (AvgIpc) is 2.96. The van der Waals surface area contributed by atoms with E-state index in [-0.39, 0.29) is 5.91 Å². The van der Waals surface area contributed by atoms with Crippen LogP contribution >= 0.6 is 0 Å². The summed E-state index contributed by atoms with van der Waals surface area (Å²) in [6, 6.07) is 1.89. The fourth-order valence-electron chi connectivity index (χ4n) is 2.02. The van der Waals surface area contributed by atoms with Crippen LogP contribution in [0.1, 0.15) is 26.2 Å². The van der Waals surface area contributed by atoms with Crippen LogP contribution in [0.5, 0.6) is 0 Å². The summed E-state index contributed by atoms with van der Waals surface area (Å²) < 4.78 is 7.34. The highest BCUT2D eigenvalue weighted by atomic mass is 16.5. The summed E-state index contributed by atoms with van der Waals surface area (Å²) in [5, 5.41) is 7.03. The van der Waals surface area contributed by atoms with Gasteiger partial charge >= 0.3 is 0 Å². The SMILES string of the molecule is CC1(C(=O)NCCCn2cccn2)CCCO1. The van der Waals surface area contributed by atoms with E-state index in [2.05, 4.69) is 10.4 Å². The molecule has 5 nitrogen and oxygen atoms in total. The Hall–Kier alpha value is -1.36. The van der Waals surface area contributed by atoms with E-state index in [1.165, 1.54) is 0 Å². The van der Waals surface area contributed by atoms with Gasteiger partial charge in [-0.1, -0.05) is 0 Å². The van der Waals surface area contributed by atoms with Crippen molar-refractivity contribution in [3.63, 3.8) is 0 Å². The van der Waals surface area contributed by atoms with Crippen molar-refractivity contribution in [1.29, 1.82) is 0 Å². The second kappa shape index (κ2) is 5.31. The molecule has 2 heterocycles. The number of hydrogen-bond acceptors (Lipinski definition) is 3. The van der Waals surface area contributed by atoms with Crippen LogP contribution in [0.4, 0.5) is 0 Å². The van der Waals surface area contributed by atoms with Gasteiger partial charge in [0.1, 0.15) is 5.60 Å². The molecule has 1 aromatic rings. The van der Waals surface area contributed by atoms with Crippen molar-refractivity contribution in [2.45, 2.75) is 38.3 Å². The van der Waals surface area contributed by atoms with Crippen molar-refractivity contribution >= 4 is 5.91 Å². The molecule has 1 fully saturated rings. The predicted molar refractivity (Wildman–Crippen MR) is 63.4 cm³/mol. The Morgan fingerprint density at radius 1 is 1.65 bits per heavy atom. The zero-order valence-corrected chi connectivity index (χ0v) is 10.2. The molecule has 0 spiro atoms. The minimum atomic E-state index is -0.605. The standard InChI is InChI=1S/C12H19N3O2/c1-12(5-2-10-17-12)11(16)13-6-3-8-15-9-4-7-14-15/h4,7,9H,2-3,5-6,8,10H2,1H3,(H,13,16). The first-order valence-electron chi connectivity index (χ1n) is 6.10. The number of nitrogens with zero attached hydrogens (tertiary/aromatic N) is 2. The van der Waals surface area contributed by atoms with Crippen LogP contribution in [0, 0.1) is 0 Å². The van der Waals surface area contributed by atoms with Crippen LogP contribution in [0.25, 0.3) is 0 Å². The molecular weight excluding hydrogens is 218 g/mol. The maximum atomic E-state index is 11.9. The van der Waals surface area contributed by atoms with Gasteiger partial charge in [-0.3, -0.25) is 9.48 Å². The van der Waals surface area contributed by atoms with Crippen LogP contribution in [-0.2, 0) is 16.1 Å². The summed E-state index contributed by atoms with van der Waals surface area (Å²) in [5.41, 5.74) is -0.605. The zero-order chi connectivity index (χ0) is 12.1. The Balaban J connectivity index is 1.66. The number of carbonyl (C=O) groups is 1. The van der Waals surface area contributed by atoms with E-state index >= 15 is 0 Å². The lowest BCUT2D eigenvalue weighted by atomic mass is 10.0. The van der Waals surface area contributed by atoms with Gasteiger partial charge in [-0.15, -0.1) is 0 Å². The second-order valence-electron chi connectivity index (χ2n) is 4.56. The van der Waals surface area contributed by atoms with E-state index in [0.29, 0.717) is 13.2 Å². The molecule has 1 atom stereocenters. The van der Waals surface area contributed by atoms with Crippen LogP contribution < -0.4 is 5.32 Å². The molecule has 5 heteroatoms. The Kier molecular flexibility index (Phi) is 3.78.